The van der Waals surface area contributed by atoms with Gasteiger partial charge in [0.25, 0.3) is 0 Å². The predicted molar refractivity (Wildman–Crippen MR) is 83.2 cm³/mol. The molecule has 0 aromatic carbocycles. The Morgan fingerprint density at radius 3 is 2.67 bits per heavy atom. The second kappa shape index (κ2) is 6.71. The lowest BCUT2D eigenvalue weighted by atomic mass is 9.87. The van der Waals surface area contributed by atoms with Gasteiger partial charge in [-0.3, -0.25) is 14.5 Å². The SMILES string of the molecule is CCOC(=O)C(C)(C)C(=O)CN(Cc1cccs1)C1CC1. The minimum absolute atomic E-state index is 0.0654. The Morgan fingerprint density at radius 1 is 1.43 bits per heavy atom. The lowest BCUT2D eigenvalue weighted by Crippen LogP contribution is -2.42. The van der Waals surface area contributed by atoms with E-state index >= 15 is 0 Å². The molecule has 21 heavy (non-hydrogen) atoms. The molecule has 0 aliphatic heterocycles. The number of hydrogen-bond donors (Lipinski definition) is 0. The highest BCUT2D eigenvalue weighted by Crippen LogP contribution is 2.30. The van der Waals surface area contributed by atoms with Gasteiger partial charge in [-0.25, -0.2) is 0 Å². The van der Waals surface area contributed by atoms with Crippen molar-refractivity contribution in [2.24, 2.45) is 5.41 Å². The third kappa shape index (κ3) is 4.14. The first-order valence-electron chi connectivity index (χ1n) is 7.42. The van der Waals surface area contributed by atoms with E-state index in [-0.39, 0.29) is 5.78 Å². The number of Topliss-reactive ketones (excluding diaryl/α,β-unsaturated/α-hetero) is 1. The first-order chi connectivity index (χ1) is 9.95. The zero-order chi connectivity index (χ0) is 15.5. The summed E-state index contributed by atoms with van der Waals surface area (Å²) < 4.78 is 5.02. The fraction of sp³-hybridized carbons (Fsp3) is 0.625. The van der Waals surface area contributed by atoms with Gasteiger partial charge >= 0.3 is 5.97 Å². The van der Waals surface area contributed by atoms with Crippen molar-refractivity contribution in [1.82, 2.24) is 4.90 Å². The van der Waals surface area contributed by atoms with Gasteiger partial charge in [-0.05, 0) is 45.1 Å². The Labute approximate surface area is 130 Å². The first-order valence-corrected chi connectivity index (χ1v) is 8.30. The number of nitrogens with zero attached hydrogens (tertiary/aromatic N) is 1. The maximum atomic E-state index is 12.5. The lowest BCUT2D eigenvalue weighted by molar-refractivity contribution is -0.158. The van der Waals surface area contributed by atoms with Crippen molar-refractivity contribution < 1.29 is 14.3 Å². The quantitative estimate of drug-likeness (QED) is 0.547. The van der Waals surface area contributed by atoms with Crippen molar-refractivity contribution >= 4 is 23.1 Å². The van der Waals surface area contributed by atoms with E-state index < -0.39 is 11.4 Å². The maximum absolute atomic E-state index is 12.5. The molecule has 2 rings (SSSR count). The summed E-state index contributed by atoms with van der Waals surface area (Å²) in [5.41, 5.74) is -1.07. The summed E-state index contributed by atoms with van der Waals surface area (Å²) in [7, 11) is 0. The fourth-order valence-electron chi connectivity index (χ4n) is 2.16. The molecule has 1 aliphatic rings. The van der Waals surface area contributed by atoms with Gasteiger partial charge < -0.3 is 4.74 Å². The molecule has 116 valence electrons. The molecule has 0 unspecified atom stereocenters. The van der Waals surface area contributed by atoms with E-state index in [2.05, 4.69) is 11.0 Å². The van der Waals surface area contributed by atoms with Crippen LogP contribution in [0.15, 0.2) is 17.5 Å². The van der Waals surface area contributed by atoms with Crippen LogP contribution in [0.1, 0.15) is 38.5 Å². The molecular weight excluding hydrogens is 286 g/mol. The van der Waals surface area contributed by atoms with Crippen LogP contribution in [0.25, 0.3) is 0 Å². The third-order valence-corrected chi connectivity index (χ3v) is 4.69. The highest BCUT2D eigenvalue weighted by Gasteiger charge is 2.40. The Morgan fingerprint density at radius 2 is 2.14 bits per heavy atom. The molecule has 0 spiro atoms. The highest BCUT2D eigenvalue weighted by atomic mass is 32.1. The number of esters is 1. The van der Waals surface area contributed by atoms with E-state index in [9.17, 15) is 9.59 Å². The summed E-state index contributed by atoms with van der Waals surface area (Å²) in [6, 6.07) is 4.59. The van der Waals surface area contributed by atoms with Crippen LogP contribution in [0.3, 0.4) is 0 Å². The van der Waals surface area contributed by atoms with Gasteiger partial charge in [-0.1, -0.05) is 6.07 Å². The van der Waals surface area contributed by atoms with Crippen LogP contribution in [0, 0.1) is 5.41 Å². The molecule has 0 N–H and O–H groups in total. The van der Waals surface area contributed by atoms with E-state index in [1.54, 1.807) is 32.1 Å². The predicted octanol–water partition coefficient (Wildman–Crippen LogP) is 2.87. The molecule has 0 saturated heterocycles. The summed E-state index contributed by atoms with van der Waals surface area (Å²) in [5, 5.41) is 2.05. The first kappa shape index (κ1) is 16.2. The lowest BCUT2D eigenvalue weighted by Gasteiger charge is -2.26. The standard InChI is InChI=1S/C16H23NO3S/c1-4-20-15(19)16(2,3)14(18)11-17(12-7-8-12)10-13-6-5-9-21-13/h5-6,9,12H,4,7-8,10-11H2,1-3H3. The Kier molecular flexibility index (Phi) is 5.17. The fourth-order valence-corrected chi connectivity index (χ4v) is 2.89. The number of ketones is 1. The Hall–Kier alpha value is -1.20. The van der Waals surface area contributed by atoms with Crippen LogP contribution in [-0.4, -0.2) is 35.8 Å². The van der Waals surface area contributed by atoms with Crippen LogP contribution in [-0.2, 0) is 20.9 Å². The Bertz CT molecular complexity index is 492. The topological polar surface area (TPSA) is 46.6 Å². The van der Waals surface area contributed by atoms with Crippen molar-refractivity contribution in [3.8, 4) is 0 Å². The average Bonchev–Trinajstić information content (AvgIpc) is 3.16. The van der Waals surface area contributed by atoms with E-state index in [0.29, 0.717) is 19.2 Å². The van der Waals surface area contributed by atoms with Crippen LogP contribution in [0.5, 0.6) is 0 Å². The number of carbonyl (C=O) groups is 2. The van der Waals surface area contributed by atoms with Crippen molar-refractivity contribution in [2.45, 2.75) is 46.2 Å². The minimum Gasteiger partial charge on any atom is -0.465 e. The maximum Gasteiger partial charge on any atom is 0.319 e. The summed E-state index contributed by atoms with van der Waals surface area (Å²) in [4.78, 5) is 27.9. The van der Waals surface area contributed by atoms with Gasteiger partial charge in [0.15, 0.2) is 5.78 Å². The molecule has 5 heteroatoms. The smallest absolute Gasteiger partial charge is 0.319 e. The number of carbonyl (C=O) groups excluding carboxylic acids is 2. The zero-order valence-corrected chi connectivity index (χ0v) is 13.7. The van der Waals surface area contributed by atoms with Crippen LogP contribution in [0.2, 0.25) is 0 Å². The van der Waals surface area contributed by atoms with Crippen LogP contribution in [0.4, 0.5) is 0 Å². The van der Waals surface area contributed by atoms with Gasteiger partial charge in [0, 0.05) is 17.5 Å². The third-order valence-electron chi connectivity index (χ3n) is 3.83. The van der Waals surface area contributed by atoms with Crippen molar-refractivity contribution in [3.05, 3.63) is 22.4 Å². The van der Waals surface area contributed by atoms with Gasteiger partial charge in [-0.2, -0.15) is 0 Å². The molecule has 0 amide bonds. The summed E-state index contributed by atoms with van der Waals surface area (Å²) in [6.45, 7) is 6.47. The number of hydrogen-bond acceptors (Lipinski definition) is 5. The minimum atomic E-state index is -1.07. The van der Waals surface area contributed by atoms with Crippen molar-refractivity contribution in [1.29, 1.82) is 0 Å². The van der Waals surface area contributed by atoms with Gasteiger partial charge in [-0.15, -0.1) is 11.3 Å². The molecule has 1 fully saturated rings. The molecule has 4 nitrogen and oxygen atoms in total. The van der Waals surface area contributed by atoms with E-state index in [1.807, 2.05) is 11.4 Å². The van der Waals surface area contributed by atoms with Gasteiger partial charge in [0.05, 0.1) is 13.2 Å². The Balaban J connectivity index is 1.99. The van der Waals surface area contributed by atoms with Crippen molar-refractivity contribution in [3.63, 3.8) is 0 Å². The number of rotatable bonds is 8. The monoisotopic (exact) mass is 309 g/mol. The number of thiophene rings is 1. The van der Waals surface area contributed by atoms with E-state index in [0.717, 1.165) is 19.4 Å². The molecular formula is C16H23NO3S. The molecule has 0 radical (unpaired) electrons. The van der Waals surface area contributed by atoms with Crippen molar-refractivity contribution in [2.75, 3.05) is 13.2 Å². The molecule has 1 saturated carbocycles. The van der Waals surface area contributed by atoms with Crippen LogP contribution >= 0.6 is 11.3 Å². The highest BCUT2D eigenvalue weighted by molar-refractivity contribution is 7.09. The summed E-state index contributed by atoms with van der Waals surface area (Å²) in [5.74, 6) is -0.494. The molecule has 1 aromatic heterocycles. The zero-order valence-electron chi connectivity index (χ0n) is 12.9. The normalized spacial score (nSPS) is 15.2. The summed E-state index contributed by atoms with van der Waals surface area (Å²) in [6.07, 6.45) is 2.27. The molecule has 1 aliphatic carbocycles. The molecule has 0 atom stereocenters. The second-order valence-corrected chi connectivity index (χ2v) is 7.02. The average molecular weight is 309 g/mol. The number of ether oxygens (including phenoxy) is 1. The molecule has 1 aromatic rings. The van der Waals surface area contributed by atoms with E-state index in [4.69, 9.17) is 4.74 Å². The van der Waals surface area contributed by atoms with Crippen LogP contribution < -0.4 is 0 Å². The molecule has 1 heterocycles. The molecule has 0 bridgehead atoms. The van der Waals surface area contributed by atoms with E-state index in [1.165, 1.54) is 4.88 Å². The largest absolute Gasteiger partial charge is 0.465 e. The van der Waals surface area contributed by atoms with Gasteiger partial charge in [0.2, 0.25) is 0 Å². The summed E-state index contributed by atoms with van der Waals surface area (Å²) >= 11 is 1.70. The van der Waals surface area contributed by atoms with Gasteiger partial charge in [0.1, 0.15) is 5.41 Å². The second-order valence-electron chi connectivity index (χ2n) is 5.98.